The minimum atomic E-state index is 0.821. The standard InChI is InChI=1S/C19H28N4S/c1-5-17-10-11-18(24-17)14-22-19(20-2)21-13-12-15-6-8-16(9-7-15)23(3)4/h6-11H,5,12-14H2,1-4H3,(H2,20,21,22). The summed E-state index contributed by atoms with van der Waals surface area (Å²) in [6.45, 7) is 3.88. The van der Waals surface area contributed by atoms with Crippen LogP contribution in [0.4, 0.5) is 5.69 Å². The Balaban J connectivity index is 1.75. The van der Waals surface area contributed by atoms with Gasteiger partial charge in [-0.25, -0.2) is 0 Å². The molecule has 0 fully saturated rings. The molecule has 4 nitrogen and oxygen atoms in total. The maximum absolute atomic E-state index is 4.29. The molecule has 2 aromatic rings. The second-order valence-electron chi connectivity index (χ2n) is 5.88. The summed E-state index contributed by atoms with van der Waals surface area (Å²) >= 11 is 1.86. The zero-order valence-corrected chi connectivity index (χ0v) is 15.9. The number of guanidine groups is 1. The van der Waals surface area contributed by atoms with E-state index in [1.165, 1.54) is 21.0 Å². The number of nitrogens with zero attached hydrogens (tertiary/aromatic N) is 2. The van der Waals surface area contributed by atoms with Crippen LogP contribution in [0.15, 0.2) is 41.4 Å². The summed E-state index contributed by atoms with van der Waals surface area (Å²) < 4.78 is 0. The molecule has 130 valence electrons. The average molecular weight is 345 g/mol. The lowest BCUT2D eigenvalue weighted by atomic mass is 10.1. The molecule has 0 atom stereocenters. The summed E-state index contributed by atoms with van der Waals surface area (Å²) in [5.41, 5.74) is 2.56. The molecule has 2 rings (SSSR count). The maximum Gasteiger partial charge on any atom is 0.191 e. The molecule has 0 aliphatic rings. The first-order valence-electron chi connectivity index (χ1n) is 8.40. The molecule has 0 amide bonds. The molecule has 0 aliphatic carbocycles. The van der Waals surface area contributed by atoms with Crippen molar-refractivity contribution in [1.29, 1.82) is 0 Å². The zero-order chi connectivity index (χ0) is 17.4. The van der Waals surface area contributed by atoms with Gasteiger partial charge in [0, 0.05) is 43.1 Å². The van der Waals surface area contributed by atoms with Crippen molar-refractivity contribution in [2.75, 3.05) is 32.6 Å². The second-order valence-corrected chi connectivity index (χ2v) is 7.14. The summed E-state index contributed by atoms with van der Waals surface area (Å²) in [4.78, 5) is 9.17. The van der Waals surface area contributed by atoms with E-state index < -0.39 is 0 Å². The van der Waals surface area contributed by atoms with Crippen molar-refractivity contribution >= 4 is 23.0 Å². The van der Waals surface area contributed by atoms with Gasteiger partial charge in [0.15, 0.2) is 5.96 Å². The smallest absolute Gasteiger partial charge is 0.191 e. The molecule has 0 saturated heterocycles. The third-order valence-corrected chi connectivity index (χ3v) is 5.11. The van der Waals surface area contributed by atoms with Crippen LogP contribution in [0, 0.1) is 0 Å². The third kappa shape index (κ3) is 5.57. The summed E-state index contributed by atoms with van der Waals surface area (Å²) in [5, 5.41) is 6.76. The van der Waals surface area contributed by atoms with Crippen LogP contribution in [0.2, 0.25) is 0 Å². The lowest BCUT2D eigenvalue weighted by Gasteiger charge is -2.13. The first-order valence-corrected chi connectivity index (χ1v) is 9.22. The first-order chi connectivity index (χ1) is 11.6. The highest BCUT2D eigenvalue weighted by Crippen LogP contribution is 2.16. The molecular formula is C19H28N4S. The van der Waals surface area contributed by atoms with Crippen molar-refractivity contribution in [2.45, 2.75) is 26.3 Å². The summed E-state index contributed by atoms with van der Waals surface area (Å²) in [7, 11) is 5.93. The molecule has 2 N–H and O–H groups in total. The van der Waals surface area contributed by atoms with Crippen LogP contribution in [-0.2, 0) is 19.4 Å². The van der Waals surface area contributed by atoms with E-state index in [0.717, 1.165) is 31.9 Å². The van der Waals surface area contributed by atoms with Gasteiger partial charge in [-0.15, -0.1) is 11.3 Å². The Kier molecular flexibility index (Phi) is 7.12. The van der Waals surface area contributed by atoms with Crippen LogP contribution in [0.5, 0.6) is 0 Å². The minimum Gasteiger partial charge on any atom is -0.378 e. The largest absolute Gasteiger partial charge is 0.378 e. The predicted molar refractivity (Wildman–Crippen MR) is 106 cm³/mol. The highest BCUT2D eigenvalue weighted by atomic mass is 32.1. The van der Waals surface area contributed by atoms with Crippen molar-refractivity contribution in [3.05, 3.63) is 51.7 Å². The van der Waals surface area contributed by atoms with Crippen LogP contribution in [0.25, 0.3) is 0 Å². The van der Waals surface area contributed by atoms with Gasteiger partial charge in [-0.2, -0.15) is 0 Å². The second kappa shape index (κ2) is 9.33. The highest BCUT2D eigenvalue weighted by Gasteiger charge is 2.02. The van der Waals surface area contributed by atoms with Gasteiger partial charge in [-0.1, -0.05) is 19.1 Å². The van der Waals surface area contributed by atoms with E-state index in [1.807, 2.05) is 18.4 Å². The van der Waals surface area contributed by atoms with Gasteiger partial charge in [-0.05, 0) is 42.7 Å². The number of rotatable bonds is 7. The normalized spacial score (nSPS) is 11.4. The van der Waals surface area contributed by atoms with Gasteiger partial charge >= 0.3 is 0 Å². The number of thiophene rings is 1. The van der Waals surface area contributed by atoms with Crippen molar-refractivity contribution in [1.82, 2.24) is 10.6 Å². The van der Waals surface area contributed by atoms with Gasteiger partial charge in [0.2, 0.25) is 0 Å². The lowest BCUT2D eigenvalue weighted by Crippen LogP contribution is -2.37. The minimum absolute atomic E-state index is 0.821. The Labute approximate surface area is 149 Å². The monoisotopic (exact) mass is 344 g/mol. The Morgan fingerprint density at radius 1 is 1.04 bits per heavy atom. The Hall–Kier alpha value is -2.01. The Bertz CT molecular complexity index is 644. The zero-order valence-electron chi connectivity index (χ0n) is 15.1. The van der Waals surface area contributed by atoms with Crippen molar-refractivity contribution in [2.24, 2.45) is 4.99 Å². The molecule has 24 heavy (non-hydrogen) atoms. The van der Waals surface area contributed by atoms with Crippen molar-refractivity contribution < 1.29 is 0 Å². The third-order valence-electron chi connectivity index (χ3n) is 3.88. The number of hydrogen-bond donors (Lipinski definition) is 2. The number of nitrogens with one attached hydrogen (secondary N) is 2. The molecule has 0 aliphatic heterocycles. The average Bonchev–Trinajstić information content (AvgIpc) is 3.06. The molecule has 0 bridgehead atoms. The van der Waals surface area contributed by atoms with Crippen LogP contribution < -0.4 is 15.5 Å². The quantitative estimate of drug-likeness (QED) is 0.598. The van der Waals surface area contributed by atoms with Gasteiger partial charge in [0.25, 0.3) is 0 Å². The van der Waals surface area contributed by atoms with Crippen LogP contribution in [0.3, 0.4) is 0 Å². The van der Waals surface area contributed by atoms with E-state index in [0.29, 0.717) is 0 Å². The first kappa shape index (κ1) is 18.3. The van der Waals surface area contributed by atoms with Crippen LogP contribution >= 0.6 is 11.3 Å². The Morgan fingerprint density at radius 3 is 2.33 bits per heavy atom. The van der Waals surface area contributed by atoms with E-state index >= 15 is 0 Å². The molecular weight excluding hydrogens is 316 g/mol. The van der Waals surface area contributed by atoms with E-state index in [9.17, 15) is 0 Å². The molecule has 1 heterocycles. The number of aliphatic imine (C=N–C) groups is 1. The van der Waals surface area contributed by atoms with Gasteiger partial charge in [-0.3, -0.25) is 4.99 Å². The predicted octanol–water partition coefficient (Wildman–Crippen LogP) is 3.28. The van der Waals surface area contributed by atoms with E-state index in [-0.39, 0.29) is 0 Å². The molecule has 1 aromatic heterocycles. The summed E-state index contributed by atoms with van der Waals surface area (Å²) in [6.07, 6.45) is 2.08. The van der Waals surface area contributed by atoms with Crippen molar-refractivity contribution in [3.8, 4) is 0 Å². The Morgan fingerprint density at radius 2 is 1.75 bits per heavy atom. The van der Waals surface area contributed by atoms with Crippen LogP contribution in [0.1, 0.15) is 22.2 Å². The van der Waals surface area contributed by atoms with E-state index in [1.54, 1.807) is 0 Å². The summed E-state index contributed by atoms with van der Waals surface area (Å²) in [5.74, 6) is 0.853. The van der Waals surface area contributed by atoms with Crippen LogP contribution in [-0.4, -0.2) is 33.6 Å². The highest BCUT2D eigenvalue weighted by molar-refractivity contribution is 7.11. The van der Waals surface area contributed by atoms with Gasteiger partial charge in [0.05, 0.1) is 6.54 Å². The molecule has 0 saturated carbocycles. The van der Waals surface area contributed by atoms with E-state index in [2.05, 4.69) is 77.9 Å². The molecule has 1 aromatic carbocycles. The van der Waals surface area contributed by atoms with E-state index in [4.69, 9.17) is 0 Å². The molecule has 0 radical (unpaired) electrons. The van der Waals surface area contributed by atoms with Gasteiger partial charge < -0.3 is 15.5 Å². The number of anilines is 1. The fraction of sp³-hybridized carbons (Fsp3) is 0.421. The SMILES string of the molecule is CCc1ccc(CNC(=NC)NCCc2ccc(N(C)C)cc2)s1. The number of aryl methyl sites for hydroxylation is 1. The summed E-state index contributed by atoms with van der Waals surface area (Å²) in [6, 6.07) is 13.1. The number of hydrogen-bond acceptors (Lipinski definition) is 3. The molecule has 5 heteroatoms. The topological polar surface area (TPSA) is 39.7 Å². The van der Waals surface area contributed by atoms with Crippen molar-refractivity contribution in [3.63, 3.8) is 0 Å². The fourth-order valence-electron chi connectivity index (χ4n) is 2.38. The molecule has 0 unspecified atom stereocenters. The lowest BCUT2D eigenvalue weighted by molar-refractivity contribution is 0.799. The fourth-order valence-corrected chi connectivity index (χ4v) is 3.28. The molecule has 0 spiro atoms. The number of benzene rings is 1. The van der Waals surface area contributed by atoms with Gasteiger partial charge in [0.1, 0.15) is 0 Å². The maximum atomic E-state index is 4.29.